The van der Waals surface area contributed by atoms with E-state index in [4.69, 9.17) is 9.47 Å². The van der Waals surface area contributed by atoms with Crippen molar-refractivity contribution in [2.24, 2.45) is 0 Å². The molecule has 0 unspecified atom stereocenters. The van der Waals surface area contributed by atoms with Gasteiger partial charge in [-0.05, 0) is 86.6 Å². The van der Waals surface area contributed by atoms with E-state index in [1.807, 2.05) is 62.4 Å². The van der Waals surface area contributed by atoms with Gasteiger partial charge in [0.2, 0.25) is 0 Å². The second-order valence-electron chi connectivity index (χ2n) is 7.56. The molecule has 33 heavy (non-hydrogen) atoms. The van der Waals surface area contributed by atoms with Gasteiger partial charge in [-0.15, -0.1) is 0 Å². The summed E-state index contributed by atoms with van der Waals surface area (Å²) in [6.07, 6.45) is 0. The lowest BCUT2D eigenvalue weighted by Crippen LogP contribution is -2.08. The summed E-state index contributed by atoms with van der Waals surface area (Å²) in [6, 6.07) is 29.3. The average Bonchev–Trinajstić information content (AvgIpc) is 2.81. The second kappa shape index (κ2) is 10.2. The molecule has 0 saturated carbocycles. The molecule has 0 aliphatic heterocycles. The number of ether oxygens (including phenoxy) is 2. The molecule has 4 nitrogen and oxygen atoms in total. The molecule has 0 spiro atoms. The summed E-state index contributed by atoms with van der Waals surface area (Å²) in [7, 11) is 0. The number of esters is 2. The molecular formula is C28H22O4S. The van der Waals surface area contributed by atoms with Gasteiger partial charge in [-0.3, -0.25) is 0 Å². The number of hydrogen-bond donors (Lipinski definition) is 0. The number of benzene rings is 4. The number of rotatable bonds is 6. The Morgan fingerprint density at radius 3 is 1.33 bits per heavy atom. The maximum Gasteiger partial charge on any atom is 0.343 e. The van der Waals surface area contributed by atoms with Crippen LogP contribution in [0.1, 0.15) is 31.8 Å². The third-order valence-corrected chi connectivity index (χ3v) is 5.83. The lowest BCUT2D eigenvalue weighted by atomic mass is 10.1. The smallest absolute Gasteiger partial charge is 0.343 e. The van der Waals surface area contributed by atoms with Gasteiger partial charge in [0.05, 0.1) is 11.1 Å². The first-order chi connectivity index (χ1) is 16.0. The van der Waals surface area contributed by atoms with Crippen molar-refractivity contribution < 1.29 is 19.1 Å². The van der Waals surface area contributed by atoms with Crippen LogP contribution in [0.3, 0.4) is 0 Å². The first kappa shape index (κ1) is 22.4. The minimum atomic E-state index is -0.380. The summed E-state index contributed by atoms with van der Waals surface area (Å²) in [5, 5.41) is 0. The molecule has 0 amide bonds. The molecular weight excluding hydrogens is 432 g/mol. The Kier molecular flexibility index (Phi) is 6.91. The molecule has 0 aromatic heterocycles. The second-order valence-corrected chi connectivity index (χ2v) is 8.71. The van der Waals surface area contributed by atoms with Crippen LogP contribution in [0.15, 0.2) is 107 Å². The normalized spacial score (nSPS) is 10.5. The number of hydrogen-bond acceptors (Lipinski definition) is 5. The standard InChI is InChI=1S/C28H22O4S/c1-19-5-3-7-21(17-19)27(29)31-23-9-13-25(14-10-23)33-26-15-11-24(12-16-26)32-28(30)22-8-4-6-20(2)18-22/h3-18H,1-2H3. The molecule has 0 bridgehead atoms. The Balaban J connectivity index is 1.34. The van der Waals surface area contributed by atoms with Crippen molar-refractivity contribution in [3.8, 4) is 11.5 Å². The predicted molar refractivity (Wildman–Crippen MR) is 129 cm³/mol. The van der Waals surface area contributed by atoms with Crippen LogP contribution < -0.4 is 9.47 Å². The zero-order valence-electron chi connectivity index (χ0n) is 18.3. The summed E-state index contributed by atoms with van der Waals surface area (Å²) in [6.45, 7) is 3.87. The molecule has 0 heterocycles. The lowest BCUT2D eigenvalue weighted by Gasteiger charge is -2.08. The van der Waals surface area contributed by atoms with Gasteiger partial charge in [-0.25, -0.2) is 9.59 Å². The molecule has 4 aromatic carbocycles. The first-order valence-corrected chi connectivity index (χ1v) is 11.2. The van der Waals surface area contributed by atoms with Gasteiger partial charge in [0.1, 0.15) is 11.5 Å². The largest absolute Gasteiger partial charge is 0.423 e. The molecule has 0 saturated heterocycles. The fourth-order valence-corrected chi connectivity index (χ4v) is 3.98. The van der Waals surface area contributed by atoms with E-state index in [-0.39, 0.29) is 11.9 Å². The van der Waals surface area contributed by atoms with E-state index in [1.54, 1.807) is 60.3 Å². The minimum Gasteiger partial charge on any atom is -0.423 e. The van der Waals surface area contributed by atoms with Crippen molar-refractivity contribution in [1.29, 1.82) is 0 Å². The van der Waals surface area contributed by atoms with Gasteiger partial charge >= 0.3 is 11.9 Å². The summed E-state index contributed by atoms with van der Waals surface area (Å²) in [5.41, 5.74) is 3.06. The molecule has 4 rings (SSSR count). The van der Waals surface area contributed by atoms with Crippen LogP contribution in [-0.4, -0.2) is 11.9 Å². The SMILES string of the molecule is Cc1cccc(C(=O)Oc2ccc(Sc3ccc(OC(=O)c4cccc(C)c4)cc3)cc2)c1. The Morgan fingerprint density at radius 1 is 0.576 bits per heavy atom. The van der Waals surface area contributed by atoms with Crippen molar-refractivity contribution in [3.05, 3.63) is 119 Å². The van der Waals surface area contributed by atoms with Crippen LogP contribution in [0.2, 0.25) is 0 Å². The van der Waals surface area contributed by atoms with Gasteiger partial charge in [-0.1, -0.05) is 47.2 Å². The Morgan fingerprint density at radius 2 is 0.970 bits per heavy atom. The van der Waals surface area contributed by atoms with Gasteiger partial charge in [-0.2, -0.15) is 0 Å². The maximum absolute atomic E-state index is 12.3. The zero-order chi connectivity index (χ0) is 23.2. The minimum absolute atomic E-state index is 0.380. The third kappa shape index (κ3) is 6.11. The zero-order valence-corrected chi connectivity index (χ0v) is 19.1. The molecule has 164 valence electrons. The van der Waals surface area contributed by atoms with Crippen LogP contribution in [0.4, 0.5) is 0 Å². The van der Waals surface area contributed by atoms with Gasteiger partial charge < -0.3 is 9.47 Å². The number of carbonyl (C=O) groups excluding carboxylic acids is 2. The van der Waals surface area contributed by atoms with Gasteiger partial charge in [0.25, 0.3) is 0 Å². The monoisotopic (exact) mass is 454 g/mol. The van der Waals surface area contributed by atoms with E-state index in [0.29, 0.717) is 22.6 Å². The molecule has 5 heteroatoms. The van der Waals surface area contributed by atoms with Crippen molar-refractivity contribution >= 4 is 23.7 Å². The van der Waals surface area contributed by atoms with Crippen LogP contribution in [0.25, 0.3) is 0 Å². The van der Waals surface area contributed by atoms with E-state index >= 15 is 0 Å². The summed E-state index contributed by atoms with van der Waals surface area (Å²) >= 11 is 1.56. The third-order valence-electron chi connectivity index (χ3n) is 4.81. The molecule has 0 N–H and O–H groups in total. The summed E-state index contributed by atoms with van der Waals surface area (Å²) in [4.78, 5) is 26.6. The van der Waals surface area contributed by atoms with E-state index in [1.165, 1.54) is 0 Å². The Bertz CT molecular complexity index is 1180. The van der Waals surface area contributed by atoms with E-state index < -0.39 is 0 Å². The fourth-order valence-electron chi connectivity index (χ4n) is 3.16. The highest BCUT2D eigenvalue weighted by Gasteiger charge is 2.10. The highest BCUT2D eigenvalue weighted by molar-refractivity contribution is 7.99. The maximum atomic E-state index is 12.3. The molecule has 0 aliphatic carbocycles. The quantitative estimate of drug-likeness (QED) is 0.234. The van der Waals surface area contributed by atoms with E-state index in [0.717, 1.165) is 20.9 Å². The van der Waals surface area contributed by atoms with Crippen molar-refractivity contribution in [3.63, 3.8) is 0 Å². The van der Waals surface area contributed by atoms with Crippen LogP contribution >= 0.6 is 11.8 Å². The number of carbonyl (C=O) groups is 2. The summed E-state index contributed by atoms with van der Waals surface area (Å²) < 4.78 is 10.9. The molecule has 0 radical (unpaired) electrons. The molecule has 0 atom stereocenters. The van der Waals surface area contributed by atoms with Crippen LogP contribution in [0.5, 0.6) is 11.5 Å². The lowest BCUT2D eigenvalue weighted by molar-refractivity contribution is 0.0725. The Labute approximate surface area is 197 Å². The van der Waals surface area contributed by atoms with Crippen molar-refractivity contribution in [1.82, 2.24) is 0 Å². The molecule has 0 aliphatic rings. The highest BCUT2D eigenvalue weighted by atomic mass is 32.2. The first-order valence-electron chi connectivity index (χ1n) is 10.4. The fraction of sp³-hybridized carbons (Fsp3) is 0.0714. The van der Waals surface area contributed by atoms with Crippen LogP contribution in [0, 0.1) is 13.8 Å². The predicted octanol–water partition coefficient (Wildman–Crippen LogP) is 6.89. The average molecular weight is 455 g/mol. The number of aryl methyl sites for hydroxylation is 2. The van der Waals surface area contributed by atoms with Crippen molar-refractivity contribution in [2.45, 2.75) is 23.6 Å². The van der Waals surface area contributed by atoms with Crippen LogP contribution in [-0.2, 0) is 0 Å². The summed E-state index contributed by atoms with van der Waals surface area (Å²) in [5.74, 6) is 0.221. The molecule has 4 aromatic rings. The topological polar surface area (TPSA) is 52.6 Å². The van der Waals surface area contributed by atoms with Crippen molar-refractivity contribution in [2.75, 3.05) is 0 Å². The van der Waals surface area contributed by atoms with Gasteiger partial charge in [0, 0.05) is 9.79 Å². The van der Waals surface area contributed by atoms with Gasteiger partial charge in [0.15, 0.2) is 0 Å². The Hall–Kier alpha value is -3.83. The highest BCUT2D eigenvalue weighted by Crippen LogP contribution is 2.30. The molecule has 0 fully saturated rings. The van der Waals surface area contributed by atoms with E-state index in [9.17, 15) is 9.59 Å². The van der Waals surface area contributed by atoms with E-state index in [2.05, 4.69) is 0 Å².